The second-order valence-electron chi connectivity index (χ2n) is 8.47. The number of morpholine rings is 1. The largest absolute Gasteiger partial charge is 0.375 e. The molecule has 2 saturated heterocycles. The number of benzene rings is 1. The Morgan fingerprint density at radius 3 is 2.86 bits per heavy atom. The summed E-state index contributed by atoms with van der Waals surface area (Å²) in [7, 11) is 0. The van der Waals surface area contributed by atoms with Gasteiger partial charge in [-0.15, -0.1) is 0 Å². The molecule has 28 heavy (non-hydrogen) atoms. The van der Waals surface area contributed by atoms with E-state index in [4.69, 9.17) is 4.74 Å². The number of piperazine rings is 1. The van der Waals surface area contributed by atoms with Crippen LogP contribution in [-0.4, -0.2) is 66.5 Å². The first-order valence-corrected chi connectivity index (χ1v) is 10.5. The smallest absolute Gasteiger partial charge is 0.242 e. The molecule has 1 aliphatic carbocycles. The van der Waals surface area contributed by atoms with Crippen molar-refractivity contribution in [2.24, 2.45) is 5.92 Å². The van der Waals surface area contributed by atoms with Gasteiger partial charge in [-0.3, -0.25) is 9.59 Å². The topological polar surface area (TPSA) is 61.9 Å². The van der Waals surface area contributed by atoms with Gasteiger partial charge in [0.05, 0.1) is 19.3 Å². The van der Waals surface area contributed by atoms with Crippen molar-refractivity contribution in [3.05, 3.63) is 34.9 Å². The van der Waals surface area contributed by atoms with Crippen molar-refractivity contribution in [3.8, 4) is 0 Å². The van der Waals surface area contributed by atoms with Gasteiger partial charge in [0.25, 0.3) is 0 Å². The zero-order valence-corrected chi connectivity index (χ0v) is 16.9. The van der Waals surface area contributed by atoms with Gasteiger partial charge in [0.2, 0.25) is 11.8 Å². The van der Waals surface area contributed by atoms with Crippen LogP contribution < -0.4 is 5.32 Å². The van der Waals surface area contributed by atoms with E-state index in [0.717, 1.165) is 38.0 Å². The van der Waals surface area contributed by atoms with Gasteiger partial charge in [-0.25, -0.2) is 0 Å². The molecular formula is C22H31N3O3. The van der Waals surface area contributed by atoms with E-state index in [2.05, 4.69) is 37.4 Å². The minimum absolute atomic E-state index is 0.00884. The molecule has 2 aliphatic heterocycles. The number of carbonyl (C=O) groups is 2. The third kappa shape index (κ3) is 4.08. The molecule has 0 aromatic heterocycles. The fourth-order valence-corrected chi connectivity index (χ4v) is 4.68. The predicted octanol–water partition coefficient (Wildman–Crippen LogP) is 1.63. The number of hydrogen-bond acceptors (Lipinski definition) is 4. The van der Waals surface area contributed by atoms with E-state index in [1.165, 1.54) is 11.1 Å². The van der Waals surface area contributed by atoms with Crippen molar-refractivity contribution in [1.82, 2.24) is 15.1 Å². The Balaban J connectivity index is 1.32. The molecule has 1 aromatic carbocycles. The average molecular weight is 386 g/mol. The standard InChI is InChI=1S/C22H31N3O3/c1-15-3-4-17(11-16(15)2)13-24-8-9-25(14-21(24)26)22(27)18-5-6-20-19(12-18)23-7-10-28-20/h3-4,11,18-20,23H,5-10,12-14H2,1-2H3/t18-,19+,20+/m0/s1. The lowest BCUT2D eigenvalue weighted by Crippen LogP contribution is -2.56. The van der Waals surface area contributed by atoms with E-state index in [1.807, 2.05) is 4.90 Å². The van der Waals surface area contributed by atoms with E-state index in [9.17, 15) is 9.59 Å². The fourth-order valence-electron chi connectivity index (χ4n) is 4.68. The molecule has 3 fully saturated rings. The van der Waals surface area contributed by atoms with Crippen molar-refractivity contribution in [2.45, 2.75) is 51.8 Å². The van der Waals surface area contributed by atoms with Gasteiger partial charge in [0.15, 0.2) is 0 Å². The van der Waals surface area contributed by atoms with Crippen LogP contribution in [-0.2, 0) is 20.9 Å². The Kier molecular flexibility index (Phi) is 5.69. The number of nitrogens with one attached hydrogen (secondary N) is 1. The number of amides is 2. The maximum Gasteiger partial charge on any atom is 0.242 e. The molecular weight excluding hydrogens is 354 g/mol. The molecule has 1 aromatic rings. The van der Waals surface area contributed by atoms with Gasteiger partial charge in [-0.05, 0) is 49.8 Å². The van der Waals surface area contributed by atoms with Crippen LogP contribution in [0.1, 0.15) is 36.0 Å². The van der Waals surface area contributed by atoms with Crippen LogP contribution in [0.4, 0.5) is 0 Å². The first-order chi connectivity index (χ1) is 13.5. The van der Waals surface area contributed by atoms with Gasteiger partial charge in [0, 0.05) is 38.1 Å². The number of rotatable bonds is 3. The fraction of sp³-hybridized carbons (Fsp3) is 0.636. The summed E-state index contributed by atoms with van der Waals surface area (Å²) in [5, 5.41) is 3.49. The lowest BCUT2D eigenvalue weighted by molar-refractivity contribution is -0.149. The summed E-state index contributed by atoms with van der Waals surface area (Å²) >= 11 is 0. The van der Waals surface area contributed by atoms with Gasteiger partial charge >= 0.3 is 0 Å². The van der Waals surface area contributed by atoms with Crippen LogP contribution in [0.25, 0.3) is 0 Å². The quantitative estimate of drug-likeness (QED) is 0.859. The summed E-state index contributed by atoms with van der Waals surface area (Å²) in [5.74, 6) is 0.199. The molecule has 3 aliphatic rings. The summed E-state index contributed by atoms with van der Waals surface area (Å²) < 4.78 is 5.81. The Morgan fingerprint density at radius 2 is 2.07 bits per heavy atom. The first kappa shape index (κ1) is 19.4. The molecule has 2 heterocycles. The maximum atomic E-state index is 13.0. The molecule has 0 radical (unpaired) electrons. The summed E-state index contributed by atoms with van der Waals surface area (Å²) in [4.78, 5) is 29.3. The molecule has 2 amide bonds. The monoisotopic (exact) mass is 385 g/mol. The minimum Gasteiger partial charge on any atom is -0.375 e. The Morgan fingerprint density at radius 1 is 1.21 bits per heavy atom. The van der Waals surface area contributed by atoms with Crippen LogP contribution in [0.3, 0.4) is 0 Å². The highest BCUT2D eigenvalue weighted by molar-refractivity contribution is 5.87. The number of nitrogens with zero attached hydrogens (tertiary/aromatic N) is 2. The van der Waals surface area contributed by atoms with E-state index >= 15 is 0 Å². The molecule has 3 atom stereocenters. The van der Waals surface area contributed by atoms with E-state index in [0.29, 0.717) is 19.6 Å². The molecule has 1 saturated carbocycles. The SMILES string of the molecule is Cc1ccc(CN2CCN(C(=O)[C@H]3CC[C@H]4OCCN[C@@H]4C3)CC2=O)cc1C. The van der Waals surface area contributed by atoms with Gasteiger partial charge < -0.3 is 19.9 Å². The molecule has 0 spiro atoms. The van der Waals surface area contributed by atoms with Crippen LogP contribution in [0.5, 0.6) is 0 Å². The molecule has 1 N–H and O–H groups in total. The van der Waals surface area contributed by atoms with E-state index < -0.39 is 0 Å². The maximum absolute atomic E-state index is 13.0. The van der Waals surface area contributed by atoms with E-state index in [1.54, 1.807) is 4.90 Å². The zero-order valence-electron chi connectivity index (χ0n) is 16.9. The first-order valence-electron chi connectivity index (χ1n) is 10.5. The number of aryl methyl sites for hydroxylation is 2. The second-order valence-corrected chi connectivity index (χ2v) is 8.47. The van der Waals surface area contributed by atoms with Crippen LogP contribution >= 0.6 is 0 Å². The zero-order chi connectivity index (χ0) is 19.7. The molecule has 6 nitrogen and oxygen atoms in total. The summed E-state index contributed by atoms with van der Waals surface area (Å²) in [5.41, 5.74) is 3.66. The Hall–Kier alpha value is -1.92. The van der Waals surface area contributed by atoms with Crippen molar-refractivity contribution in [3.63, 3.8) is 0 Å². The van der Waals surface area contributed by atoms with Gasteiger partial charge in [-0.2, -0.15) is 0 Å². The summed E-state index contributed by atoms with van der Waals surface area (Å²) in [6, 6.07) is 6.62. The molecule has 4 rings (SSSR count). The summed E-state index contributed by atoms with van der Waals surface area (Å²) in [6.07, 6.45) is 2.85. The second kappa shape index (κ2) is 8.21. The van der Waals surface area contributed by atoms with Crippen molar-refractivity contribution < 1.29 is 14.3 Å². The number of carbonyl (C=O) groups excluding carboxylic acids is 2. The Labute approximate surface area is 167 Å². The molecule has 0 bridgehead atoms. The number of hydrogen-bond donors (Lipinski definition) is 1. The Bertz CT molecular complexity index is 751. The van der Waals surface area contributed by atoms with Gasteiger partial charge in [0.1, 0.15) is 0 Å². The third-order valence-electron chi connectivity index (χ3n) is 6.55. The predicted molar refractivity (Wildman–Crippen MR) is 107 cm³/mol. The van der Waals surface area contributed by atoms with Crippen molar-refractivity contribution in [1.29, 1.82) is 0 Å². The van der Waals surface area contributed by atoms with Crippen LogP contribution in [0, 0.1) is 19.8 Å². The lowest BCUT2D eigenvalue weighted by Gasteiger charge is -2.41. The van der Waals surface area contributed by atoms with Gasteiger partial charge in [-0.1, -0.05) is 18.2 Å². The average Bonchev–Trinajstić information content (AvgIpc) is 2.71. The van der Waals surface area contributed by atoms with Crippen molar-refractivity contribution >= 4 is 11.8 Å². The van der Waals surface area contributed by atoms with Crippen LogP contribution in [0.15, 0.2) is 18.2 Å². The number of ether oxygens (including phenoxy) is 1. The highest BCUT2D eigenvalue weighted by atomic mass is 16.5. The summed E-state index contributed by atoms with van der Waals surface area (Å²) in [6.45, 7) is 7.87. The van der Waals surface area contributed by atoms with Crippen molar-refractivity contribution in [2.75, 3.05) is 32.8 Å². The molecule has 152 valence electrons. The third-order valence-corrected chi connectivity index (χ3v) is 6.55. The minimum atomic E-state index is 0.00884. The lowest BCUT2D eigenvalue weighted by atomic mass is 9.82. The van der Waals surface area contributed by atoms with Crippen LogP contribution in [0.2, 0.25) is 0 Å². The van der Waals surface area contributed by atoms with E-state index in [-0.39, 0.29) is 36.4 Å². The highest BCUT2D eigenvalue weighted by Gasteiger charge is 2.38. The molecule has 0 unspecified atom stereocenters. The highest BCUT2D eigenvalue weighted by Crippen LogP contribution is 2.30. The normalized spacial score (nSPS) is 28.2. The molecule has 6 heteroatoms. The number of fused-ring (bicyclic) bond motifs is 1.